The van der Waals surface area contributed by atoms with Gasteiger partial charge in [0.2, 0.25) is 11.5 Å². The number of amides is 5. The lowest BCUT2D eigenvalue weighted by molar-refractivity contribution is -0.196. The summed E-state index contributed by atoms with van der Waals surface area (Å²) >= 11 is 0. The molecule has 2 N–H and O–H groups in total. The number of carbonyl (C=O) groups is 5. The molecule has 1 saturated carbocycles. The van der Waals surface area contributed by atoms with Gasteiger partial charge >= 0.3 is 18.3 Å². The smallest absolute Gasteiger partial charge is 0.418 e. The Hall–Kier alpha value is -4.49. The predicted molar refractivity (Wildman–Crippen MR) is 137 cm³/mol. The van der Waals surface area contributed by atoms with E-state index in [4.69, 9.17) is 4.74 Å². The fourth-order valence-electron chi connectivity index (χ4n) is 5.44. The minimum Gasteiger partial charge on any atom is -0.427 e. The Kier molecular flexibility index (Phi) is 7.41. The summed E-state index contributed by atoms with van der Waals surface area (Å²) in [5.74, 6) is -3.97. The Labute approximate surface area is 237 Å². The lowest BCUT2D eigenvalue weighted by Gasteiger charge is -2.34. The van der Waals surface area contributed by atoms with E-state index in [-0.39, 0.29) is 53.8 Å². The maximum atomic E-state index is 14.2. The Morgan fingerprint density at radius 3 is 2.43 bits per heavy atom. The van der Waals surface area contributed by atoms with Crippen molar-refractivity contribution in [2.24, 2.45) is 5.92 Å². The number of benzene rings is 2. The number of nitrogens with zero attached hydrogens (tertiary/aromatic N) is 2. The van der Waals surface area contributed by atoms with Gasteiger partial charge < -0.3 is 20.3 Å². The molecule has 2 aromatic carbocycles. The molecular weight excluding hydrogens is 564 g/mol. The number of ether oxygens (including phenoxy) is 1. The predicted octanol–water partition coefficient (Wildman–Crippen LogP) is 4.10. The van der Waals surface area contributed by atoms with E-state index in [2.05, 4.69) is 10.6 Å². The van der Waals surface area contributed by atoms with Crippen LogP contribution < -0.4 is 10.6 Å². The third kappa shape index (κ3) is 5.40. The SMILES string of the molecule is CNC(=O)Nc1ccc2c(c1)C(=O)CCC21OC(=O)N(CC(=O)N(Cc2ccc(F)cc2)[C@@H](C2CC2)C(F)(F)F)C1=O. The summed E-state index contributed by atoms with van der Waals surface area (Å²) < 4.78 is 61.5. The topological polar surface area (TPSA) is 125 Å². The zero-order chi connectivity index (χ0) is 30.4. The second kappa shape index (κ2) is 10.7. The first kappa shape index (κ1) is 29.0. The molecule has 2 fully saturated rings. The zero-order valence-corrected chi connectivity index (χ0v) is 22.3. The number of urea groups is 1. The fourth-order valence-corrected chi connectivity index (χ4v) is 5.44. The number of alkyl halides is 3. The van der Waals surface area contributed by atoms with Crippen LogP contribution in [0.2, 0.25) is 0 Å². The average Bonchev–Trinajstić information content (AvgIpc) is 3.74. The quantitative estimate of drug-likeness (QED) is 0.468. The van der Waals surface area contributed by atoms with Gasteiger partial charge in [-0.1, -0.05) is 18.2 Å². The summed E-state index contributed by atoms with van der Waals surface area (Å²) in [5.41, 5.74) is -1.44. The molecule has 3 aliphatic rings. The molecule has 5 amide bonds. The molecule has 1 unspecified atom stereocenters. The first-order chi connectivity index (χ1) is 19.8. The van der Waals surface area contributed by atoms with E-state index in [0.717, 1.165) is 12.1 Å². The third-order valence-corrected chi connectivity index (χ3v) is 7.64. The summed E-state index contributed by atoms with van der Waals surface area (Å²) in [4.78, 5) is 65.6. The minimum absolute atomic E-state index is 0.0216. The van der Waals surface area contributed by atoms with Crippen LogP contribution in [0.15, 0.2) is 42.5 Å². The Balaban J connectivity index is 1.43. The van der Waals surface area contributed by atoms with Crippen molar-refractivity contribution in [1.29, 1.82) is 0 Å². The van der Waals surface area contributed by atoms with Crippen molar-refractivity contribution < 1.29 is 46.3 Å². The highest BCUT2D eigenvalue weighted by Crippen LogP contribution is 2.46. The van der Waals surface area contributed by atoms with Crippen LogP contribution in [0.1, 0.15) is 47.2 Å². The summed E-state index contributed by atoms with van der Waals surface area (Å²) in [6, 6.07) is 5.97. The molecule has 1 saturated heterocycles. The fraction of sp³-hybridized carbons (Fsp3) is 0.393. The molecule has 10 nitrogen and oxygen atoms in total. The van der Waals surface area contributed by atoms with Gasteiger partial charge in [-0.2, -0.15) is 13.2 Å². The number of imide groups is 1. The molecule has 1 heterocycles. The van der Waals surface area contributed by atoms with Gasteiger partial charge in [0.05, 0.1) is 0 Å². The first-order valence-corrected chi connectivity index (χ1v) is 13.2. The second-order valence-corrected chi connectivity index (χ2v) is 10.4. The van der Waals surface area contributed by atoms with Crippen LogP contribution in [-0.4, -0.2) is 65.3 Å². The van der Waals surface area contributed by atoms with Gasteiger partial charge in [-0.05, 0) is 48.6 Å². The molecular formula is C28H26F4N4O6. The van der Waals surface area contributed by atoms with Gasteiger partial charge in [0.15, 0.2) is 5.78 Å². The molecule has 42 heavy (non-hydrogen) atoms. The number of ketones is 1. The Morgan fingerprint density at radius 2 is 1.81 bits per heavy atom. The average molecular weight is 591 g/mol. The molecule has 1 spiro atoms. The number of Topliss-reactive ketones (excluding diaryl/α,β-unsaturated/α-hetero) is 1. The van der Waals surface area contributed by atoms with Crippen LogP contribution in [0.3, 0.4) is 0 Å². The molecule has 222 valence electrons. The van der Waals surface area contributed by atoms with E-state index in [1.807, 2.05) is 0 Å². The van der Waals surface area contributed by atoms with Crippen LogP contribution in [0, 0.1) is 11.7 Å². The summed E-state index contributed by atoms with van der Waals surface area (Å²) in [5, 5.41) is 4.86. The van der Waals surface area contributed by atoms with Crippen molar-refractivity contribution in [2.45, 2.75) is 50.0 Å². The largest absolute Gasteiger partial charge is 0.427 e. The number of hydrogen-bond acceptors (Lipinski definition) is 6. The highest BCUT2D eigenvalue weighted by Gasteiger charge is 2.59. The number of carbonyl (C=O) groups excluding carboxylic acids is 5. The monoisotopic (exact) mass is 590 g/mol. The number of halogens is 4. The van der Waals surface area contributed by atoms with E-state index in [0.29, 0.717) is 9.80 Å². The molecule has 0 bridgehead atoms. The zero-order valence-electron chi connectivity index (χ0n) is 22.3. The molecule has 0 radical (unpaired) electrons. The Bertz CT molecular complexity index is 1460. The van der Waals surface area contributed by atoms with E-state index in [9.17, 15) is 41.5 Å². The molecule has 0 aromatic heterocycles. The van der Waals surface area contributed by atoms with Crippen molar-refractivity contribution in [3.05, 3.63) is 65.0 Å². The summed E-state index contributed by atoms with van der Waals surface area (Å²) in [7, 11) is 1.39. The number of hydrogen-bond donors (Lipinski definition) is 2. The number of rotatable bonds is 7. The molecule has 2 atom stereocenters. The highest BCUT2D eigenvalue weighted by molar-refractivity contribution is 6.10. The normalized spacial score (nSPS) is 20.7. The minimum atomic E-state index is -4.79. The van der Waals surface area contributed by atoms with E-state index in [1.54, 1.807) is 0 Å². The molecule has 1 aliphatic heterocycles. The van der Waals surface area contributed by atoms with Crippen molar-refractivity contribution in [3.8, 4) is 0 Å². The van der Waals surface area contributed by atoms with E-state index >= 15 is 0 Å². The lowest BCUT2D eigenvalue weighted by atomic mass is 9.77. The van der Waals surface area contributed by atoms with Gasteiger partial charge in [0, 0.05) is 43.2 Å². The highest BCUT2D eigenvalue weighted by atomic mass is 19.4. The number of nitrogens with one attached hydrogen (secondary N) is 2. The third-order valence-electron chi connectivity index (χ3n) is 7.64. The van der Waals surface area contributed by atoms with Crippen LogP contribution in [0.5, 0.6) is 0 Å². The number of fused-ring (bicyclic) bond motifs is 2. The van der Waals surface area contributed by atoms with Gasteiger partial charge in [-0.25, -0.2) is 18.9 Å². The van der Waals surface area contributed by atoms with Gasteiger partial charge in [-0.15, -0.1) is 0 Å². The van der Waals surface area contributed by atoms with Crippen LogP contribution >= 0.6 is 0 Å². The molecule has 2 aromatic rings. The van der Waals surface area contributed by atoms with Crippen molar-refractivity contribution in [1.82, 2.24) is 15.1 Å². The van der Waals surface area contributed by atoms with Crippen molar-refractivity contribution >= 4 is 35.4 Å². The van der Waals surface area contributed by atoms with Crippen molar-refractivity contribution in [3.63, 3.8) is 0 Å². The van der Waals surface area contributed by atoms with Gasteiger partial charge in [0.1, 0.15) is 18.4 Å². The van der Waals surface area contributed by atoms with Crippen LogP contribution in [0.25, 0.3) is 0 Å². The van der Waals surface area contributed by atoms with E-state index < -0.39 is 66.6 Å². The lowest BCUT2D eigenvalue weighted by Crippen LogP contribution is -2.53. The Morgan fingerprint density at radius 1 is 1.12 bits per heavy atom. The van der Waals surface area contributed by atoms with Crippen LogP contribution in [-0.2, 0) is 26.5 Å². The maximum absolute atomic E-state index is 14.2. The second-order valence-electron chi connectivity index (χ2n) is 10.4. The standard InChI is InChI=1S/C28H26F4N4O6/c1-33-25(40)34-18-8-9-20-19(12-18)21(37)10-11-27(20)24(39)36(26(41)42-27)14-22(38)35(13-15-2-6-17(29)7-3-15)23(16-4-5-16)28(30,31)32/h2-3,6-9,12,16,23H,4-5,10-11,13-14H2,1H3,(H2,33,34,40)/t23-,27?/m0/s1. The molecule has 14 heteroatoms. The number of anilines is 1. The van der Waals surface area contributed by atoms with Gasteiger partial charge in [0.25, 0.3) is 5.91 Å². The summed E-state index contributed by atoms with van der Waals surface area (Å²) in [6.07, 6.45) is -5.98. The molecule has 2 aliphatic carbocycles. The molecule has 5 rings (SSSR count). The van der Waals surface area contributed by atoms with Gasteiger partial charge in [-0.3, -0.25) is 14.4 Å². The van der Waals surface area contributed by atoms with Crippen LogP contribution in [0.4, 0.5) is 32.8 Å². The van der Waals surface area contributed by atoms with E-state index in [1.165, 1.54) is 37.4 Å². The van der Waals surface area contributed by atoms with Crippen molar-refractivity contribution in [2.75, 3.05) is 18.9 Å². The first-order valence-electron chi connectivity index (χ1n) is 13.2. The maximum Gasteiger partial charge on any atom is 0.418 e. The summed E-state index contributed by atoms with van der Waals surface area (Å²) in [6.45, 7) is -1.56.